The maximum atomic E-state index is 6.73. The van der Waals surface area contributed by atoms with Crippen LogP contribution in [-0.4, -0.2) is 32.3 Å². The zero-order chi connectivity index (χ0) is 26.5. The van der Waals surface area contributed by atoms with E-state index in [1.807, 2.05) is 57.9 Å². The highest BCUT2D eigenvalue weighted by molar-refractivity contribution is 6.35. The molecule has 0 N–H and O–H groups in total. The summed E-state index contributed by atoms with van der Waals surface area (Å²) in [5, 5.41) is 2.16. The van der Waals surface area contributed by atoms with Gasteiger partial charge in [-0.3, -0.25) is 0 Å². The minimum atomic E-state index is -0.724. The van der Waals surface area contributed by atoms with Gasteiger partial charge in [0.05, 0.1) is 36.9 Å². The van der Waals surface area contributed by atoms with Crippen LogP contribution in [-0.2, 0) is 15.8 Å². The first-order valence-corrected chi connectivity index (χ1v) is 13.0. The first-order chi connectivity index (χ1) is 17.9. The monoisotopic (exact) mass is 574 g/mol. The third-order valence-corrected chi connectivity index (χ3v) is 7.60. The SMILES string of the molecule is C=CCC(COCC(CC=C)(c1ccc(Cl)cc1Cl)n1ccnc1)(c1ccc(Cl)cc1Cl)n1ccnc1. The Hall–Kier alpha value is -2.54. The van der Waals surface area contributed by atoms with Gasteiger partial charge in [0.1, 0.15) is 0 Å². The van der Waals surface area contributed by atoms with Crippen LogP contribution < -0.4 is 0 Å². The Morgan fingerprint density at radius 1 is 0.730 bits per heavy atom. The predicted octanol–water partition coefficient (Wildman–Crippen LogP) is 8.05. The van der Waals surface area contributed by atoms with Gasteiger partial charge in [-0.15, -0.1) is 13.2 Å². The summed E-state index contributed by atoms with van der Waals surface area (Å²) in [6.07, 6.45) is 15.5. The van der Waals surface area contributed by atoms with Crippen LogP contribution in [0, 0.1) is 0 Å². The number of hydrogen-bond acceptors (Lipinski definition) is 3. The van der Waals surface area contributed by atoms with Crippen LogP contribution in [0.15, 0.2) is 99.2 Å². The number of aromatic nitrogens is 4. The minimum absolute atomic E-state index is 0.259. The summed E-state index contributed by atoms with van der Waals surface area (Å²) < 4.78 is 10.6. The molecule has 4 aromatic rings. The smallest absolute Gasteiger partial charge is 0.0987 e. The molecule has 0 fully saturated rings. The van der Waals surface area contributed by atoms with Crippen molar-refractivity contribution in [2.75, 3.05) is 13.2 Å². The molecule has 2 aromatic carbocycles. The van der Waals surface area contributed by atoms with E-state index in [1.165, 1.54) is 0 Å². The quantitative estimate of drug-likeness (QED) is 0.160. The summed E-state index contributed by atoms with van der Waals surface area (Å²) in [5.41, 5.74) is 0.243. The molecule has 37 heavy (non-hydrogen) atoms. The Balaban J connectivity index is 1.78. The Morgan fingerprint density at radius 3 is 1.49 bits per heavy atom. The van der Waals surface area contributed by atoms with Crippen LogP contribution in [0.4, 0.5) is 0 Å². The van der Waals surface area contributed by atoms with E-state index in [4.69, 9.17) is 51.1 Å². The van der Waals surface area contributed by atoms with Gasteiger partial charge in [-0.1, -0.05) is 70.7 Å². The molecule has 9 heteroatoms. The molecule has 2 aromatic heterocycles. The number of imidazole rings is 2. The van der Waals surface area contributed by atoms with Crippen LogP contribution >= 0.6 is 46.4 Å². The zero-order valence-electron chi connectivity index (χ0n) is 20.0. The highest BCUT2D eigenvalue weighted by Gasteiger charge is 2.39. The van der Waals surface area contributed by atoms with E-state index in [2.05, 4.69) is 23.1 Å². The third-order valence-electron chi connectivity index (χ3n) is 6.51. The van der Waals surface area contributed by atoms with E-state index in [1.54, 1.807) is 37.2 Å². The maximum absolute atomic E-state index is 6.73. The molecule has 0 aliphatic rings. The first kappa shape index (κ1) is 27.5. The molecule has 0 aliphatic carbocycles. The number of ether oxygens (including phenoxy) is 1. The van der Waals surface area contributed by atoms with Crippen molar-refractivity contribution in [2.45, 2.75) is 23.9 Å². The van der Waals surface area contributed by atoms with Crippen molar-refractivity contribution in [3.8, 4) is 0 Å². The van der Waals surface area contributed by atoms with Gasteiger partial charge in [0.15, 0.2) is 0 Å². The summed E-state index contributed by atoms with van der Waals surface area (Å²) in [6.45, 7) is 8.54. The van der Waals surface area contributed by atoms with Crippen molar-refractivity contribution in [3.63, 3.8) is 0 Å². The van der Waals surface area contributed by atoms with Gasteiger partial charge in [-0.2, -0.15) is 0 Å². The number of allylic oxidation sites excluding steroid dienone is 2. The van der Waals surface area contributed by atoms with Crippen molar-refractivity contribution in [3.05, 3.63) is 130 Å². The highest BCUT2D eigenvalue weighted by Crippen LogP contribution is 2.40. The Morgan fingerprint density at radius 2 is 1.16 bits per heavy atom. The number of hydrogen-bond donors (Lipinski definition) is 0. The lowest BCUT2D eigenvalue weighted by atomic mass is 9.85. The average Bonchev–Trinajstić information content (AvgIpc) is 3.58. The lowest BCUT2D eigenvalue weighted by molar-refractivity contribution is 0.0268. The largest absolute Gasteiger partial charge is 0.376 e. The summed E-state index contributed by atoms with van der Waals surface area (Å²) >= 11 is 25.9. The lowest BCUT2D eigenvalue weighted by Crippen LogP contribution is -2.43. The van der Waals surface area contributed by atoms with E-state index in [-0.39, 0.29) is 13.2 Å². The van der Waals surface area contributed by atoms with Gasteiger partial charge >= 0.3 is 0 Å². The van der Waals surface area contributed by atoms with Gasteiger partial charge in [-0.25, -0.2) is 9.97 Å². The van der Waals surface area contributed by atoms with Crippen molar-refractivity contribution >= 4 is 46.4 Å². The minimum Gasteiger partial charge on any atom is -0.376 e. The van der Waals surface area contributed by atoms with E-state index in [0.29, 0.717) is 32.9 Å². The number of benzene rings is 2. The van der Waals surface area contributed by atoms with Gasteiger partial charge < -0.3 is 13.9 Å². The maximum Gasteiger partial charge on any atom is 0.0987 e. The first-order valence-electron chi connectivity index (χ1n) is 11.5. The standard InChI is InChI=1S/C28H26Cl4N4O/c1-3-9-27(35-13-11-33-19-35,23-7-5-21(29)15-25(23)31)17-37-18-28(10-4-2,36-14-12-34-20-36)24-8-6-22(30)16-26(24)32/h3-8,11-16,19-20H,1-2,9-10,17-18H2. The zero-order valence-corrected chi connectivity index (χ0v) is 23.1. The Kier molecular flexibility index (Phi) is 8.83. The normalized spacial score (nSPS) is 14.6. The third kappa shape index (κ3) is 5.52. The number of nitrogens with zero attached hydrogens (tertiary/aromatic N) is 4. The molecule has 2 unspecified atom stereocenters. The molecule has 0 spiro atoms. The number of rotatable bonds is 12. The highest BCUT2D eigenvalue weighted by atomic mass is 35.5. The van der Waals surface area contributed by atoms with Gasteiger partial charge in [0, 0.05) is 44.9 Å². The summed E-state index contributed by atoms with van der Waals surface area (Å²) in [5.74, 6) is 0. The number of halogens is 4. The molecule has 2 heterocycles. The lowest BCUT2D eigenvalue weighted by Gasteiger charge is -2.39. The topological polar surface area (TPSA) is 44.9 Å². The average molecular weight is 576 g/mol. The second-order valence-corrected chi connectivity index (χ2v) is 10.4. The molecule has 0 aliphatic heterocycles. The van der Waals surface area contributed by atoms with E-state index < -0.39 is 11.1 Å². The molecule has 0 amide bonds. The van der Waals surface area contributed by atoms with E-state index in [0.717, 1.165) is 11.1 Å². The van der Waals surface area contributed by atoms with Crippen LogP contribution in [0.25, 0.3) is 0 Å². The molecule has 0 saturated carbocycles. The van der Waals surface area contributed by atoms with Crippen molar-refractivity contribution in [2.24, 2.45) is 0 Å². The molecule has 0 bridgehead atoms. The van der Waals surface area contributed by atoms with E-state index in [9.17, 15) is 0 Å². The molecule has 0 radical (unpaired) electrons. The van der Waals surface area contributed by atoms with Crippen LogP contribution in [0.3, 0.4) is 0 Å². The Bertz CT molecular complexity index is 1250. The fourth-order valence-corrected chi connectivity index (χ4v) is 5.92. The molecule has 5 nitrogen and oxygen atoms in total. The van der Waals surface area contributed by atoms with Crippen molar-refractivity contribution in [1.29, 1.82) is 0 Å². The molecule has 0 saturated heterocycles. The summed E-state index contributed by atoms with van der Waals surface area (Å²) in [6, 6.07) is 10.9. The van der Waals surface area contributed by atoms with Crippen molar-refractivity contribution in [1.82, 2.24) is 19.1 Å². The van der Waals surface area contributed by atoms with Crippen LogP contribution in [0.1, 0.15) is 24.0 Å². The molecule has 192 valence electrons. The summed E-state index contributed by atoms with van der Waals surface area (Å²) in [4.78, 5) is 8.57. The second kappa shape index (κ2) is 11.9. The molecule has 2 atom stereocenters. The summed E-state index contributed by atoms with van der Waals surface area (Å²) in [7, 11) is 0. The second-order valence-electron chi connectivity index (χ2n) is 8.73. The molecular weight excluding hydrogens is 550 g/mol. The van der Waals surface area contributed by atoms with Crippen LogP contribution in [0.5, 0.6) is 0 Å². The fourth-order valence-electron chi connectivity index (χ4n) is 4.76. The Labute approximate surface area is 236 Å². The predicted molar refractivity (Wildman–Crippen MR) is 152 cm³/mol. The van der Waals surface area contributed by atoms with Gasteiger partial charge in [0.25, 0.3) is 0 Å². The molecule has 4 rings (SSSR count). The van der Waals surface area contributed by atoms with Crippen molar-refractivity contribution < 1.29 is 4.74 Å². The van der Waals surface area contributed by atoms with Crippen LogP contribution in [0.2, 0.25) is 20.1 Å². The van der Waals surface area contributed by atoms with E-state index >= 15 is 0 Å². The fraction of sp³-hybridized carbons (Fsp3) is 0.214. The molecular formula is C28H26Cl4N4O. The van der Waals surface area contributed by atoms with Gasteiger partial charge in [0.2, 0.25) is 0 Å². The van der Waals surface area contributed by atoms with Gasteiger partial charge in [-0.05, 0) is 48.2 Å².